The summed E-state index contributed by atoms with van der Waals surface area (Å²) in [6.45, 7) is 0.678. The van der Waals surface area contributed by atoms with Gasteiger partial charge in [-0.3, -0.25) is 0 Å². The molecule has 6 rings (SSSR count). The normalized spacial score (nSPS) is 12.3. The summed E-state index contributed by atoms with van der Waals surface area (Å²) < 4.78 is 14.5. The molecule has 4 aromatic carbocycles. The van der Waals surface area contributed by atoms with Gasteiger partial charge in [-0.1, -0.05) is 121 Å². The summed E-state index contributed by atoms with van der Waals surface area (Å²) in [6.07, 6.45) is 2.26. The standard InChI is InChI=1S/C34H30N4O3/c39-30(21-38-25-37-31-32(38)35-24-36-33(31)40-22-26-13-5-1-6-14-26)23-41-34(27-15-7-2-8-16-27,28-17-9-3-10-18-28)29-19-11-4-12-20-29/h1-20,24-25,30,39H,21-23H2/t30-/m0/s1. The predicted molar refractivity (Wildman–Crippen MR) is 157 cm³/mol. The van der Waals surface area contributed by atoms with E-state index >= 15 is 0 Å². The summed E-state index contributed by atoms with van der Waals surface area (Å²) in [5.41, 5.74) is 4.18. The Morgan fingerprint density at radius 2 is 1.22 bits per heavy atom. The highest BCUT2D eigenvalue weighted by molar-refractivity contribution is 5.75. The number of aliphatic hydroxyl groups is 1. The second kappa shape index (κ2) is 12.1. The van der Waals surface area contributed by atoms with Crippen LogP contribution in [-0.2, 0) is 23.5 Å². The minimum Gasteiger partial charge on any atom is -0.471 e. The first-order valence-corrected chi connectivity index (χ1v) is 13.6. The lowest BCUT2D eigenvalue weighted by Gasteiger charge is -2.36. The summed E-state index contributed by atoms with van der Waals surface area (Å²) in [6, 6.07) is 40.2. The van der Waals surface area contributed by atoms with E-state index in [4.69, 9.17) is 9.47 Å². The van der Waals surface area contributed by atoms with E-state index in [1.165, 1.54) is 6.33 Å². The van der Waals surface area contributed by atoms with Crippen molar-refractivity contribution in [2.45, 2.75) is 24.9 Å². The number of aliphatic hydroxyl groups excluding tert-OH is 1. The topological polar surface area (TPSA) is 82.3 Å². The number of imidazole rings is 1. The van der Waals surface area contributed by atoms with Crippen LogP contribution in [0.5, 0.6) is 5.88 Å². The Labute approximate surface area is 238 Å². The molecule has 41 heavy (non-hydrogen) atoms. The number of aromatic nitrogens is 4. The van der Waals surface area contributed by atoms with Gasteiger partial charge < -0.3 is 19.1 Å². The molecule has 0 saturated heterocycles. The third-order valence-corrected chi connectivity index (χ3v) is 7.03. The van der Waals surface area contributed by atoms with E-state index in [2.05, 4.69) is 51.4 Å². The molecule has 0 aliphatic heterocycles. The number of ether oxygens (including phenoxy) is 2. The van der Waals surface area contributed by atoms with E-state index in [1.807, 2.05) is 84.9 Å². The van der Waals surface area contributed by atoms with Crippen LogP contribution >= 0.6 is 0 Å². The lowest BCUT2D eigenvalue weighted by Crippen LogP contribution is -2.36. The molecule has 7 nitrogen and oxygen atoms in total. The van der Waals surface area contributed by atoms with Crippen LogP contribution in [0.2, 0.25) is 0 Å². The molecule has 0 bridgehead atoms. The summed E-state index contributed by atoms with van der Waals surface area (Å²) in [5.74, 6) is 0.402. The first-order valence-electron chi connectivity index (χ1n) is 13.6. The molecule has 0 aliphatic rings. The first-order chi connectivity index (χ1) is 20.2. The molecule has 7 heteroatoms. The van der Waals surface area contributed by atoms with Gasteiger partial charge in [0.1, 0.15) is 18.5 Å². The van der Waals surface area contributed by atoms with Crippen LogP contribution < -0.4 is 4.74 Å². The lowest BCUT2D eigenvalue weighted by atomic mass is 9.80. The number of rotatable bonds is 11. The maximum Gasteiger partial charge on any atom is 0.245 e. The average molecular weight is 543 g/mol. The quantitative estimate of drug-likeness (QED) is 0.209. The van der Waals surface area contributed by atoms with Crippen molar-refractivity contribution >= 4 is 11.2 Å². The number of benzene rings is 4. The average Bonchev–Trinajstić information content (AvgIpc) is 3.45. The molecule has 6 aromatic rings. The molecule has 0 aliphatic carbocycles. The summed E-state index contributed by atoms with van der Waals surface area (Å²) >= 11 is 0. The van der Waals surface area contributed by atoms with Crippen molar-refractivity contribution in [1.82, 2.24) is 19.5 Å². The third-order valence-electron chi connectivity index (χ3n) is 7.03. The minimum absolute atomic E-state index is 0.0702. The third kappa shape index (κ3) is 5.59. The fourth-order valence-electron chi connectivity index (χ4n) is 5.09. The molecular formula is C34H30N4O3. The van der Waals surface area contributed by atoms with Gasteiger partial charge >= 0.3 is 0 Å². The van der Waals surface area contributed by atoms with Crippen LogP contribution in [0.15, 0.2) is 134 Å². The number of nitrogens with zero attached hydrogens (tertiary/aromatic N) is 4. The van der Waals surface area contributed by atoms with Crippen LogP contribution in [-0.4, -0.2) is 37.3 Å². The monoisotopic (exact) mass is 542 g/mol. The molecular weight excluding hydrogens is 512 g/mol. The van der Waals surface area contributed by atoms with Gasteiger partial charge in [-0.2, -0.15) is 4.98 Å². The second-order valence-electron chi connectivity index (χ2n) is 9.77. The molecule has 0 radical (unpaired) electrons. The van der Waals surface area contributed by atoms with Crippen LogP contribution in [0.1, 0.15) is 22.3 Å². The summed E-state index contributed by atoms with van der Waals surface area (Å²) in [5, 5.41) is 11.3. The van der Waals surface area contributed by atoms with E-state index in [1.54, 1.807) is 10.9 Å². The minimum atomic E-state index is -0.914. The summed E-state index contributed by atoms with van der Waals surface area (Å²) in [4.78, 5) is 13.2. The van der Waals surface area contributed by atoms with Crippen molar-refractivity contribution in [2.75, 3.05) is 6.61 Å². The highest BCUT2D eigenvalue weighted by Gasteiger charge is 2.38. The molecule has 0 amide bonds. The Balaban J connectivity index is 1.25. The van der Waals surface area contributed by atoms with Gasteiger partial charge in [0.25, 0.3) is 0 Å². The van der Waals surface area contributed by atoms with E-state index < -0.39 is 11.7 Å². The fraction of sp³-hybridized carbons (Fsp3) is 0.147. The van der Waals surface area contributed by atoms with Crippen LogP contribution in [0.4, 0.5) is 0 Å². The van der Waals surface area contributed by atoms with Gasteiger partial charge in [-0.15, -0.1) is 0 Å². The molecule has 0 saturated carbocycles. The van der Waals surface area contributed by atoms with E-state index in [-0.39, 0.29) is 13.2 Å². The molecule has 0 spiro atoms. The maximum absolute atomic E-state index is 11.3. The van der Waals surface area contributed by atoms with Crippen molar-refractivity contribution < 1.29 is 14.6 Å². The Morgan fingerprint density at radius 1 is 0.683 bits per heavy atom. The summed E-state index contributed by atoms with van der Waals surface area (Å²) in [7, 11) is 0. The Morgan fingerprint density at radius 3 is 1.78 bits per heavy atom. The number of hydrogen-bond donors (Lipinski definition) is 1. The number of fused-ring (bicyclic) bond motifs is 1. The van der Waals surface area contributed by atoms with Gasteiger partial charge in [0.05, 0.1) is 25.6 Å². The maximum atomic E-state index is 11.3. The van der Waals surface area contributed by atoms with Crippen LogP contribution in [0.3, 0.4) is 0 Å². The van der Waals surface area contributed by atoms with Crippen molar-refractivity contribution in [3.05, 3.63) is 156 Å². The highest BCUT2D eigenvalue weighted by Crippen LogP contribution is 2.40. The van der Waals surface area contributed by atoms with E-state index in [0.29, 0.717) is 23.7 Å². The number of hydrogen-bond acceptors (Lipinski definition) is 6. The molecule has 0 fully saturated rings. The largest absolute Gasteiger partial charge is 0.471 e. The van der Waals surface area contributed by atoms with Crippen molar-refractivity contribution in [2.24, 2.45) is 0 Å². The smallest absolute Gasteiger partial charge is 0.245 e. The fourth-order valence-corrected chi connectivity index (χ4v) is 5.09. The van der Waals surface area contributed by atoms with Crippen LogP contribution in [0, 0.1) is 0 Å². The van der Waals surface area contributed by atoms with Gasteiger partial charge in [-0.05, 0) is 22.3 Å². The van der Waals surface area contributed by atoms with Gasteiger partial charge in [0.2, 0.25) is 5.88 Å². The lowest BCUT2D eigenvalue weighted by molar-refractivity contribution is -0.0420. The zero-order valence-corrected chi connectivity index (χ0v) is 22.5. The van der Waals surface area contributed by atoms with E-state index in [9.17, 15) is 5.11 Å². The van der Waals surface area contributed by atoms with E-state index in [0.717, 1.165) is 22.3 Å². The SMILES string of the molecule is O[C@H](COC(c1ccccc1)(c1ccccc1)c1ccccc1)Cn1cnc2c(OCc3ccccc3)ncnc21. The van der Waals surface area contributed by atoms with Gasteiger partial charge in [0, 0.05) is 0 Å². The van der Waals surface area contributed by atoms with Crippen molar-refractivity contribution in [3.63, 3.8) is 0 Å². The Hall–Kier alpha value is -4.85. The van der Waals surface area contributed by atoms with Gasteiger partial charge in [0.15, 0.2) is 11.2 Å². The molecule has 2 heterocycles. The highest BCUT2D eigenvalue weighted by atomic mass is 16.5. The molecule has 1 N–H and O–H groups in total. The molecule has 2 aromatic heterocycles. The van der Waals surface area contributed by atoms with Gasteiger partial charge in [-0.25, -0.2) is 9.97 Å². The first kappa shape index (κ1) is 26.4. The second-order valence-corrected chi connectivity index (χ2v) is 9.77. The zero-order valence-electron chi connectivity index (χ0n) is 22.5. The van der Waals surface area contributed by atoms with Crippen molar-refractivity contribution in [1.29, 1.82) is 0 Å². The molecule has 1 atom stereocenters. The Kier molecular flexibility index (Phi) is 7.80. The predicted octanol–water partition coefficient (Wildman–Crippen LogP) is 5.77. The zero-order chi connectivity index (χ0) is 27.9. The van der Waals surface area contributed by atoms with Crippen molar-refractivity contribution in [3.8, 4) is 5.88 Å². The Bertz CT molecular complexity index is 1580. The van der Waals surface area contributed by atoms with Crippen LogP contribution in [0.25, 0.3) is 11.2 Å². The molecule has 204 valence electrons. The molecule has 0 unspecified atom stereocenters.